The first-order valence-electron chi connectivity index (χ1n) is 5.53. The first-order chi connectivity index (χ1) is 8.77. The maximum Gasteiger partial charge on any atom is 0.243 e. The fraction of sp³-hybridized carbons (Fsp3) is 0.455. The number of benzene rings is 1. The summed E-state index contributed by atoms with van der Waals surface area (Å²) in [6, 6.07) is 2.40. The number of hydrogen-bond acceptors (Lipinski definition) is 4. The van der Waals surface area contributed by atoms with Gasteiger partial charge in [0.1, 0.15) is 4.90 Å². The molecule has 1 rings (SSSR count). The van der Waals surface area contributed by atoms with E-state index < -0.39 is 10.0 Å². The first-order valence-corrected chi connectivity index (χ1v) is 7.77. The summed E-state index contributed by atoms with van der Waals surface area (Å²) in [4.78, 5) is -0.158. The second kappa shape index (κ2) is 6.76. The fourth-order valence-electron chi connectivity index (χ4n) is 1.51. The van der Waals surface area contributed by atoms with Crippen LogP contribution < -0.4 is 10.5 Å². The van der Waals surface area contributed by atoms with Crippen LogP contribution in [0.3, 0.4) is 0 Å². The van der Waals surface area contributed by atoms with Crippen molar-refractivity contribution in [3.63, 3.8) is 0 Å². The molecule has 0 radical (unpaired) electrons. The smallest absolute Gasteiger partial charge is 0.243 e. The maximum absolute atomic E-state index is 12.2. The van der Waals surface area contributed by atoms with Gasteiger partial charge in [-0.1, -0.05) is 23.2 Å². The van der Waals surface area contributed by atoms with Gasteiger partial charge in [-0.15, -0.1) is 0 Å². The van der Waals surface area contributed by atoms with Crippen molar-refractivity contribution in [2.75, 3.05) is 19.5 Å². The average Bonchev–Trinajstić information content (AvgIpc) is 2.23. The van der Waals surface area contributed by atoms with Crippen LogP contribution in [0.2, 0.25) is 10.0 Å². The third-order valence-corrected chi connectivity index (χ3v) is 4.91. The number of methoxy groups -OCH3 is 1. The standard InChI is InChI=1S/C11H16Cl2N2O3S/c1-7(3-4-18-2)15-19(16,17)11-9(12)5-8(14)6-10(11)13/h5-7,15H,3-4,14H2,1-2H3. The zero-order valence-corrected chi connectivity index (χ0v) is 12.9. The van der Waals surface area contributed by atoms with Gasteiger partial charge in [-0.3, -0.25) is 0 Å². The van der Waals surface area contributed by atoms with Crippen LogP contribution >= 0.6 is 23.2 Å². The van der Waals surface area contributed by atoms with Crippen LogP contribution in [0.5, 0.6) is 0 Å². The molecule has 0 saturated carbocycles. The summed E-state index contributed by atoms with van der Waals surface area (Å²) in [7, 11) is -2.24. The Balaban J connectivity index is 3.01. The zero-order valence-electron chi connectivity index (χ0n) is 10.6. The van der Waals surface area contributed by atoms with E-state index in [1.54, 1.807) is 14.0 Å². The molecule has 5 nitrogen and oxygen atoms in total. The van der Waals surface area contributed by atoms with Crippen LogP contribution in [0.15, 0.2) is 17.0 Å². The lowest BCUT2D eigenvalue weighted by molar-refractivity contribution is 0.188. The monoisotopic (exact) mass is 326 g/mol. The van der Waals surface area contributed by atoms with E-state index in [1.165, 1.54) is 12.1 Å². The minimum absolute atomic E-state index is 0.00329. The Morgan fingerprint density at radius 3 is 2.37 bits per heavy atom. The van der Waals surface area contributed by atoms with Gasteiger partial charge in [0.05, 0.1) is 10.0 Å². The number of anilines is 1. The molecule has 0 fully saturated rings. The molecule has 0 bridgehead atoms. The van der Waals surface area contributed by atoms with Crippen molar-refractivity contribution in [2.45, 2.75) is 24.3 Å². The van der Waals surface area contributed by atoms with Crippen molar-refractivity contribution in [2.24, 2.45) is 0 Å². The molecule has 0 saturated heterocycles. The molecule has 1 atom stereocenters. The van der Waals surface area contributed by atoms with Gasteiger partial charge in [0.25, 0.3) is 0 Å². The van der Waals surface area contributed by atoms with Crippen LogP contribution in [0, 0.1) is 0 Å². The van der Waals surface area contributed by atoms with E-state index in [2.05, 4.69) is 4.72 Å². The summed E-state index contributed by atoms with van der Waals surface area (Å²) >= 11 is 11.8. The molecule has 0 amide bonds. The summed E-state index contributed by atoms with van der Waals surface area (Å²) in [5.74, 6) is 0. The molecule has 0 aliphatic rings. The van der Waals surface area contributed by atoms with Gasteiger partial charge in [-0.25, -0.2) is 13.1 Å². The van der Waals surface area contributed by atoms with Crippen LogP contribution in [0.4, 0.5) is 5.69 Å². The Bertz CT molecular complexity index is 526. The SMILES string of the molecule is COCCC(C)NS(=O)(=O)c1c(Cl)cc(N)cc1Cl. The molecule has 0 aliphatic carbocycles. The number of nitrogens with two attached hydrogens (primary N) is 1. The molecule has 1 unspecified atom stereocenters. The van der Waals surface area contributed by atoms with Crippen molar-refractivity contribution >= 4 is 38.9 Å². The van der Waals surface area contributed by atoms with Gasteiger partial charge in [-0.2, -0.15) is 0 Å². The van der Waals surface area contributed by atoms with Gasteiger partial charge in [0.2, 0.25) is 10.0 Å². The van der Waals surface area contributed by atoms with Gasteiger partial charge >= 0.3 is 0 Å². The summed E-state index contributed by atoms with van der Waals surface area (Å²) in [6.45, 7) is 2.18. The van der Waals surface area contributed by atoms with Crippen molar-refractivity contribution in [3.05, 3.63) is 22.2 Å². The van der Waals surface area contributed by atoms with Crippen molar-refractivity contribution in [1.29, 1.82) is 0 Å². The van der Waals surface area contributed by atoms with E-state index in [0.29, 0.717) is 18.7 Å². The number of sulfonamides is 1. The summed E-state index contributed by atoms with van der Waals surface area (Å²) in [5, 5.41) is -0.00659. The number of nitrogen functional groups attached to an aromatic ring is 1. The van der Waals surface area contributed by atoms with E-state index in [1.807, 2.05) is 0 Å². The van der Waals surface area contributed by atoms with E-state index in [0.717, 1.165) is 0 Å². The van der Waals surface area contributed by atoms with E-state index >= 15 is 0 Å². The number of ether oxygens (including phenoxy) is 1. The molecule has 0 aromatic heterocycles. The molecular weight excluding hydrogens is 311 g/mol. The van der Waals surface area contributed by atoms with Crippen molar-refractivity contribution in [1.82, 2.24) is 4.72 Å². The van der Waals surface area contributed by atoms with Crippen LogP contribution in [0.1, 0.15) is 13.3 Å². The predicted molar refractivity (Wildman–Crippen MR) is 77.2 cm³/mol. The lowest BCUT2D eigenvalue weighted by Crippen LogP contribution is -2.33. The number of hydrogen-bond donors (Lipinski definition) is 2. The summed E-state index contributed by atoms with van der Waals surface area (Å²) in [6.07, 6.45) is 0.542. The zero-order chi connectivity index (χ0) is 14.6. The highest BCUT2D eigenvalue weighted by Crippen LogP contribution is 2.31. The molecule has 0 spiro atoms. The molecule has 1 aromatic carbocycles. The molecule has 0 heterocycles. The predicted octanol–water partition coefficient (Wildman–Crippen LogP) is 2.28. The quantitative estimate of drug-likeness (QED) is 0.786. The van der Waals surface area contributed by atoms with Crippen LogP contribution in [-0.4, -0.2) is 28.2 Å². The maximum atomic E-state index is 12.2. The highest BCUT2D eigenvalue weighted by atomic mass is 35.5. The highest BCUT2D eigenvalue weighted by Gasteiger charge is 2.24. The van der Waals surface area contributed by atoms with Crippen LogP contribution in [-0.2, 0) is 14.8 Å². The summed E-state index contributed by atoms with van der Waals surface area (Å²) < 4.78 is 31.8. The Labute approximate surface area is 123 Å². The average molecular weight is 327 g/mol. The van der Waals surface area contributed by atoms with Crippen LogP contribution in [0.25, 0.3) is 0 Å². The minimum Gasteiger partial charge on any atom is -0.399 e. The molecule has 8 heteroatoms. The number of rotatable bonds is 6. The Kier molecular flexibility index (Phi) is 5.88. The first kappa shape index (κ1) is 16.5. The van der Waals surface area contributed by atoms with E-state index in [-0.39, 0.29) is 21.0 Å². The molecule has 108 valence electrons. The number of halogens is 2. The van der Waals surface area contributed by atoms with E-state index in [4.69, 9.17) is 33.7 Å². The minimum atomic E-state index is -3.79. The fourth-order valence-corrected chi connectivity index (χ4v) is 4.02. The van der Waals surface area contributed by atoms with Gasteiger partial charge in [0, 0.05) is 25.4 Å². The second-order valence-corrected chi connectivity index (χ2v) is 6.58. The van der Waals surface area contributed by atoms with Crippen molar-refractivity contribution in [3.8, 4) is 0 Å². The van der Waals surface area contributed by atoms with Gasteiger partial charge in [0.15, 0.2) is 0 Å². The normalized spacial score (nSPS) is 13.5. The number of nitrogens with one attached hydrogen (secondary N) is 1. The highest BCUT2D eigenvalue weighted by molar-refractivity contribution is 7.89. The third kappa shape index (κ3) is 4.50. The Hall–Kier alpha value is -0.530. The largest absolute Gasteiger partial charge is 0.399 e. The lowest BCUT2D eigenvalue weighted by atomic mass is 10.3. The Morgan fingerprint density at radius 1 is 1.37 bits per heavy atom. The lowest BCUT2D eigenvalue weighted by Gasteiger charge is -2.15. The molecule has 1 aromatic rings. The second-order valence-electron chi connectivity index (χ2n) is 4.12. The van der Waals surface area contributed by atoms with E-state index in [9.17, 15) is 8.42 Å². The molecule has 3 N–H and O–H groups in total. The molecule has 0 aliphatic heterocycles. The third-order valence-electron chi connectivity index (χ3n) is 2.40. The molecule has 19 heavy (non-hydrogen) atoms. The topological polar surface area (TPSA) is 81.4 Å². The van der Waals surface area contributed by atoms with Gasteiger partial charge in [-0.05, 0) is 25.5 Å². The molecular formula is C11H16Cl2N2O3S. The van der Waals surface area contributed by atoms with Gasteiger partial charge < -0.3 is 10.5 Å². The Morgan fingerprint density at radius 2 is 1.89 bits per heavy atom. The van der Waals surface area contributed by atoms with Crippen molar-refractivity contribution < 1.29 is 13.2 Å². The summed E-state index contributed by atoms with van der Waals surface area (Å²) in [5.41, 5.74) is 5.84.